The molecule has 0 fully saturated rings. The van der Waals surface area contributed by atoms with E-state index in [2.05, 4.69) is 20.1 Å². The van der Waals surface area contributed by atoms with Crippen LogP contribution in [0.15, 0.2) is 28.6 Å². The first kappa shape index (κ1) is 24.9. The van der Waals surface area contributed by atoms with Crippen LogP contribution in [-0.2, 0) is 14.2 Å². The highest BCUT2D eigenvalue weighted by Gasteiger charge is 2.29. The first-order valence-electron chi connectivity index (χ1n) is 9.34. The molecule has 0 radical (unpaired) electrons. The number of hydrogen-bond acceptors (Lipinski definition) is 7. The summed E-state index contributed by atoms with van der Waals surface area (Å²) in [5, 5.41) is 7.44. The number of aliphatic imine (C=N–C) groups is 1. The summed E-state index contributed by atoms with van der Waals surface area (Å²) in [5.74, 6) is -0.0952. The van der Waals surface area contributed by atoms with Crippen LogP contribution >= 0.6 is 0 Å². The molecular weight excluding hydrogens is 394 g/mol. The van der Waals surface area contributed by atoms with Crippen LogP contribution in [0.25, 0.3) is 10.4 Å². The number of hydrogen-bond donors (Lipinski definition) is 0. The molecule has 0 N–H and O–H groups in total. The fourth-order valence-electron chi connectivity index (χ4n) is 1.99. The Morgan fingerprint density at radius 2 is 1.80 bits per heavy atom. The van der Waals surface area contributed by atoms with Gasteiger partial charge in [0.1, 0.15) is 11.2 Å². The van der Waals surface area contributed by atoms with E-state index < -0.39 is 23.4 Å². The number of amides is 2. The molecule has 0 unspecified atom stereocenters. The van der Waals surface area contributed by atoms with Gasteiger partial charge in [-0.05, 0) is 53.1 Å². The summed E-state index contributed by atoms with van der Waals surface area (Å²) >= 11 is 0. The van der Waals surface area contributed by atoms with Gasteiger partial charge in [0.05, 0.1) is 19.8 Å². The number of nitrogens with zero attached hydrogens (tertiary/aromatic N) is 7. The van der Waals surface area contributed by atoms with Crippen molar-refractivity contribution in [1.82, 2.24) is 14.7 Å². The average molecular weight is 423 g/mol. The van der Waals surface area contributed by atoms with Crippen molar-refractivity contribution >= 4 is 18.1 Å². The standard InChI is InChI=1S/C18H29N7O5/c1-17(2,3)29-15(26)22-14(25-10-7-8-21-25)24(16(27)30-18(4,5)6)11-13-28-12-9-20-23-19/h7-8,10H,9,11-13H2,1-6H3/b22-14+. The molecule has 30 heavy (non-hydrogen) atoms. The van der Waals surface area contributed by atoms with Gasteiger partial charge in [-0.2, -0.15) is 5.10 Å². The maximum absolute atomic E-state index is 12.8. The van der Waals surface area contributed by atoms with Gasteiger partial charge in [0, 0.05) is 23.9 Å². The predicted octanol–water partition coefficient (Wildman–Crippen LogP) is 3.59. The van der Waals surface area contributed by atoms with Gasteiger partial charge in [-0.1, -0.05) is 5.11 Å². The molecule has 166 valence electrons. The predicted molar refractivity (Wildman–Crippen MR) is 109 cm³/mol. The lowest BCUT2D eigenvalue weighted by Gasteiger charge is -2.28. The zero-order chi connectivity index (χ0) is 22.8. The highest BCUT2D eigenvalue weighted by atomic mass is 16.6. The molecule has 1 aromatic heterocycles. The number of azide groups is 1. The van der Waals surface area contributed by atoms with Gasteiger partial charge >= 0.3 is 12.2 Å². The molecule has 0 spiro atoms. The SMILES string of the molecule is CC(C)(C)OC(=O)/N=C(\N(CCOCCN=[N+]=[N-])C(=O)OC(C)(C)C)n1cccn1. The number of carbonyl (C=O) groups is 2. The first-order chi connectivity index (χ1) is 13.9. The minimum atomic E-state index is -0.883. The zero-order valence-electron chi connectivity index (χ0n) is 18.2. The van der Waals surface area contributed by atoms with Crippen molar-refractivity contribution in [2.45, 2.75) is 52.7 Å². The zero-order valence-corrected chi connectivity index (χ0v) is 18.2. The van der Waals surface area contributed by atoms with Crippen molar-refractivity contribution in [2.24, 2.45) is 10.1 Å². The molecule has 1 aromatic rings. The molecule has 0 aliphatic heterocycles. The third-order valence-electron chi connectivity index (χ3n) is 3.01. The van der Waals surface area contributed by atoms with Crippen molar-refractivity contribution in [1.29, 1.82) is 0 Å². The van der Waals surface area contributed by atoms with Gasteiger partial charge in [0.15, 0.2) is 0 Å². The molecule has 12 nitrogen and oxygen atoms in total. The van der Waals surface area contributed by atoms with Gasteiger partial charge in [-0.25, -0.2) is 19.2 Å². The molecular formula is C18H29N7O5. The number of aromatic nitrogens is 2. The maximum Gasteiger partial charge on any atom is 0.437 e. The van der Waals surface area contributed by atoms with E-state index in [1.807, 2.05) is 0 Å². The lowest BCUT2D eigenvalue weighted by Crippen LogP contribution is -2.46. The second-order valence-electron chi connectivity index (χ2n) is 8.04. The Labute approximate surface area is 175 Å². The lowest BCUT2D eigenvalue weighted by atomic mass is 10.2. The van der Waals surface area contributed by atoms with Crippen molar-refractivity contribution in [2.75, 3.05) is 26.3 Å². The number of rotatable bonds is 6. The van der Waals surface area contributed by atoms with Gasteiger partial charge in [0.2, 0.25) is 5.96 Å². The number of carbonyl (C=O) groups excluding carboxylic acids is 2. The van der Waals surface area contributed by atoms with Crippen molar-refractivity contribution < 1.29 is 23.8 Å². The second-order valence-corrected chi connectivity index (χ2v) is 8.04. The highest BCUT2D eigenvalue weighted by molar-refractivity contribution is 5.99. The Kier molecular flexibility index (Phi) is 9.28. The van der Waals surface area contributed by atoms with Crippen LogP contribution in [0.1, 0.15) is 41.5 Å². The van der Waals surface area contributed by atoms with E-state index >= 15 is 0 Å². The molecule has 0 saturated heterocycles. The Morgan fingerprint density at radius 3 is 2.33 bits per heavy atom. The van der Waals surface area contributed by atoms with Crippen LogP contribution in [0.2, 0.25) is 0 Å². The van der Waals surface area contributed by atoms with E-state index in [1.54, 1.807) is 47.6 Å². The molecule has 0 atom stereocenters. The molecule has 0 aliphatic rings. The smallest absolute Gasteiger partial charge is 0.437 e. The lowest BCUT2D eigenvalue weighted by molar-refractivity contribution is 0.0308. The van der Waals surface area contributed by atoms with Crippen molar-refractivity contribution in [3.05, 3.63) is 28.9 Å². The van der Waals surface area contributed by atoms with Crippen molar-refractivity contribution in [3.63, 3.8) is 0 Å². The second kappa shape index (κ2) is 11.2. The quantitative estimate of drug-likeness (QED) is 0.171. The molecule has 2 amide bonds. The van der Waals surface area contributed by atoms with E-state index in [0.29, 0.717) is 0 Å². The van der Waals surface area contributed by atoms with Gasteiger partial charge in [-0.3, -0.25) is 0 Å². The van der Waals surface area contributed by atoms with E-state index in [4.69, 9.17) is 19.7 Å². The van der Waals surface area contributed by atoms with Crippen LogP contribution in [0.5, 0.6) is 0 Å². The summed E-state index contributed by atoms with van der Waals surface area (Å²) in [6.07, 6.45) is 1.39. The summed E-state index contributed by atoms with van der Waals surface area (Å²) in [7, 11) is 0. The highest BCUT2D eigenvalue weighted by Crippen LogP contribution is 2.13. The minimum absolute atomic E-state index is 0.00662. The molecule has 12 heteroatoms. The Morgan fingerprint density at radius 1 is 1.13 bits per heavy atom. The fourth-order valence-corrected chi connectivity index (χ4v) is 1.99. The summed E-state index contributed by atoms with van der Waals surface area (Å²) in [6.45, 7) is 10.7. The molecule has 1 heterocycles. The van der Waals surface area contributed by atoms with Crippen LogP contribution in [0.4, 0.5) is 9.59 Å². The van der Waals surface area contributed by atoms with E-state index in [-0.39, 0.29) is 32.3 Å². The Balaban J connectivity index is 3.15. The normalized spacial score (nSPS) is 12.1. The summed E-state index contributed by atoms with van der Waals surface area (Å²) in [6, 6.07) is 1.62. The van der Waals surface area contributed by atoms with E-state index in [0.717, 1.165) is 4.90 Å². The van der Waals surface area contributed by atoms with Crippen LogP contribution < -0.4 is 0 Å². The van der Waals surface area contributed by atoms with Crippen molar-refractivity contribution in [3.8, 4) is 0 Å². The monoisotopic (exact) mass is 423 g/mol. The van der Waals surface area contributed by atoms with Crippen LogP contribution in [0, 0.1) is 0 Å². The summed E-state index contributed by atoms with van der Waals surface area (Å²) in [4.78, 5) is 32.9. The maximum atomic E-state index is 12.8. The summed E-state index contributed by atoms with van der Waals surface area (Å²) in [5.41, 5.74) is 6.75. The molecule has 0 bridgehead atoms. The number of ether oxygens (including phenoxy) is 3. The minimum Gasteiger partial charge on any atom is -0.443 e. The molecule has 0 saturated carbocycles. The van der Waals surface area contributed by atoms with Gasteiger partial charge < -0.3 is 14.2 Å². The van der Waals surface area contributed by atoms with Crippen LogP contribution in [0.3, 0.4) is 0 Å². The Hall–Kier alpha value is -3.11. The van der Waals surface area contributed by atoms with Gasteiger partial charge in [-0.15, -0.1) is 4.99 Å². The third-order valence-corrected chi connectivity index (χ3v) is 3.01. The molecule has 0 aromatic carbocycles. The molecule has 1 rings (SSSR count). The van der Waals surface area contributed by atoms with Crippen LogP contribution in [-0.4, -0.2) is 70.3 Å². The van der Waals surface area contributed by atoms with Gasteiger partial charge in [0.25, 0.3) is 0 Å². The van der Waals surface area contributed by atoms with E-state index in [9.17, 15) is 9.59 Å². The van der Waals surface area contributed by atoms with E-state index in [1.165, 1.54) is 17.1 Å². The first-order valence-corrected chi connectivity index (χ1v) is 9.34. The summed E-state index contributed by atoms with van der Waals surface area (Å²) < 4.78 is 17.3. The Bertz CT molecular complexity index is 772. The largest absolute Gasteiger partial charge is 0.443 e. The molecule has 0 aliphatic carbocycles. The third kappa shape index (κ3) is 9.89. The fraction of sp³-hybridized carbons (Fsp3) is 0.667. The topological polar surface area (TPSA) is 144 Å². The average Bonchev–Trinajstić information content (AvgIpc) is 3.10.